The van der Waals surface area contributed by atoms with E-state index in [4.69, 9.17) is 0 Å². The van der Waals surface area contributed by atoms with Crippen LogP contribution in [-0.2, 0) is 16.4 Å². The summed E-state index contributed by atoms with van der Waals surface area (Å²) in [6.45, 7) is 0.419. The van der Waals surface area contributed by atoms with E-state index in [1.165, 1.54) is 18.2 Å². The number of hydrogen-bond donors (Lipinski definition) is 1. The first-order chi connectivity index (χ1) is 13.9. The van der Waals surface area contributed by atoms with Crippen LogP contribution in [0.25, 0.3) is 0 Å². The lowest BCUT2D eigenvalue weighted by Crippen LogP contribution is -2.28. The molecular formula is C21H16F2N2O3S. The lowest BCUT2D eigenvalue weighted by molar-refractivity contribution is 0.0989. The van der Waals surface area contributed by atoms with Gasteiger partial charge in [-0.25, -0.2) is 17.2 Å². The molecule has 0 bridgehead atoms. The molecule has 1 aliphatic rings. The lowest BCUT2D eigenvalue weighted by atomic mass is 10.1. The minimum atomic E-state index is -4.20. The van der Waals surface area contributed by atoms with Gasteiger partial charge in [-0.15, -0.1) is 0 Å². The molecule has 1 aliphatic heterocycles. The summed E-state index contributed by atoms with van der Waals surface area (Å²) in [4.78, 5) is 14.2. The van der Waals surface area contributed by atoms with Crippen molar-refractivity contribution < 1.29 is 22.0 Å². The number of nitrogens with zero attached hydrogens (tertiary/aromatic N) is 1. The molecule has 0 fully saturated rings. The van der Waals surface area contributed by atoms with E-state index >= 15 is 0 Å². The first kappa shape index (κ1) is 19.1. The second kappa shape index (κ2) is 7.29. The predicted octanol–water partition coefficient (Wildman–Crippen LogP) is 3.97. The van der Waals surface area contributed by atoms with Gasteiger partial charge in [0.1, 0.15) is 17.3 Å². The highest BCUT2D eigenvalue weighted by Crippen LogP contribution is 2.32. The molecule has 0 saturated carbocycles. The third-order valence-electron chi connectivity index (χ3n) is 4.72. The van der Waals surface area contributed by atoms with Crippen LogP contribution in [0.2, 0.25) is 0 Å². The minimum Gasteiger partial charge on any atom is -0.308 e. The molecule has 1 amide bonds. The summed E-state index contributed by atoms with van der Waals surface area (Å²) in [5.41, 5.74) is 1.10. The monoisotopic (exact) mass is 414 g/mol. The third-order valence-corrected chi connectivity index (χ3v) is 6.07. The van der Waals surface area contributed by atoms with Crippen molar-refractivity contribution >= 4 is 27.3 Å². The maximum atomic E-state index is 13.8. The van der Waals surface area contributed by atoms with Gasteiger partial charge in [0.15, 0.2) is 0 Å². The predicted molar refractivity (Wildman–Crippen MR) is 105 cm³/mol. The Labute approximate surface area is 166 Å². The molecule has 4 rings (SSSR count). The molecule has 1 N–H and O–H groups in total. The summed E-state index contributed by atoms with van der Waals surface area (Å²) in [5.74, 6) is -2.18. The van der Waals surface area contributed by atoms with E-state index in [9.17, 15) is 22.0 Å². The largest absolute Gasteiger partial charge is 0.308 e. The maximum absolute atomic E-state index is 13.8. The van der Waals surface area contributed by atoms with Crippen LogP contribution in [0, 0.1) is 11.6 Å². The summed E-state index contributed by atoms with van der Waals surface area (Å²) >= 11 is 0. The molecule has 5 nitrogen and oxygen atoms in total. The number of nitrogens with one attached hydrogen (secondary N) is 1. The summed E-state index contributed by atoms with van der Waals surface area (Å²) in [6, 6.07) is 16.2. The fourth-order valence-electron chi connectivity index (χ4n) is 3.28. The molecule has 0 radical (unpaired) electrons. The number of hydrogen-bond acceptors (Lipinski definition) is 3. The van der Waals surface area contributed by atoms with Crippen LogP contribution in [0.3, 0.4) is 0 Å². The van der Waals surface area contributed by atoms with E-state index in [0.29, 0.717) is 29.8 Å². The highest BCUT2D eigenvalue weighted by atomic mass is 32.2. The topological polar surface area (TPSA) is 66.5 Å². The number of carbonyl (C=O) groups is 1. The zero-order chi connectivity index (χ0) is 20.6. The van der Waals surface area contributed by atoms with Crippen molar-refractivity contribution in [1.82, 2.24) is 0 Å². The summed E-state index contributed by atoms with van der Waals surface area (Å²) in [5, 5.41) is 0. The molecule has 0 saturated heterocycles. The van der Waals surface area contributed by atoms with Crippen molar-refractivity contribution in [2.75, 3.05) is 16.2 Å². The lowest BCUT2D eigenvalue weighted by Gasteiger charge is -2.18. The second-order valence-corrected chi connectivity index (χ2v) is 8.25. The molecule has 0 unspecified atom stereocenters. The average Bonchev–Trinajstić information content (AvgIpc) is 3.14. The minimum absolute atomic E-state index is 0.132. The molecule has 0 spiro atoms. The van der Waals surface area contributed by atoms with E-state index in [1.54, 1.807) is 29.2 Å². The number of anilines is 2. The number of carbonyl (C=O) groups excluding carboxylic acids is 1. The molecular weight excluding hydrogens is 398 g/mol. The van der Waals surface area contributed by atoms with E-state index in [-0.39, 0.29) is 10.8 Å². The Morgan fingerprint density at radius 3 is 2.31 bits per heavy atom. The summed E-state index contributed by atoms with van der Waals surface area (Å²) in [7, 11) is -4.20. The quantitative estimate of drug-likeness (QED) is 0.703. The van der Waals surface area contributed by atoms with Gasteiger partial charge in [-0.1, -0.05) is 24.3 Å². The Morgan fingerprint density at radius 2 is 1.62 bits per heavy atom. The Bertz CT molecular complexity index is 1180. The number of amides is 1. The fraction of sp³-hybridized carbons (Fsp3) is 0.0952. The Hall–Kier alpha value is -3.26. The molecule has 148 valence electrons. The van der Waals surface area contributed by atoms with E-state index in [1.807, 2.05) is 10.8 Å². The number of benzene rings is 3. The first-order valence-corrected chi connectivity index (χ1v) is 10.3. The molecule has 1 heterocycles. The zero-order valence-electron chi connectivity index (χ0n) is 15.1. The van der Waals surface area contributed by atoms with Crippen LogP contribution >= 0.6 is 0 Å². The smallest absolute Gasteiger partial charge is 0.262 e. The van der Waals surface area contributed by atoms with Gasteiger partial charge in [-0.05, 0) is 54.4 Å². The Morgan fingerprint density at radius 1 is 0.931 bits per heavy atom. The van der Waals surface area contributed by atoms with Crippen molar-refractivity contribution in [2.24, 2.45) is 0 Å². The van der Waals surface area contributed by atoms with Crippen molar-refractivity contribution in [3.63, 3.8) is 0 Å². The van der Waals surface area contributed by atoms with Crippen molar-refractivity contribution in [3.05, 3.63) is 89.5 Å². The molecule has 8 heteroatoms. The van der Waals surface area contributed by atoms with Gasteiger partial charge in [-0.3, -0.25) is 9.52 Å². The van der Waals surface area contributed by atoms with Crippen LogP contribution in [0.5, 0.6) is 0 Å². The molecule has 0 aliphatic carbocycles. The SMILES string of the molecule is O=C(c1ccccc1)N1CCc2cc(S(=O)(=O)Nc3c(F)cccc3F)ccc21. The average molecular weight is 414 g/mol. The molecule has 29 heavy (non-hydrogen) atoms. The van der Waals surface area contributed by atoms with Gasteiger partial charge in [-0.2, -0.15) is 0 Å². The molecule has 0 atom stereocenters. The van der Waals surface area contributed by atoms with Crippen LogP contribution in [0.4, 0.5) is 20.2 Å². The Balaban J connectivity index is 1.63. The van der Waals surface area contributed by atoms with Gasteiger partial charge >= 0.3 is 0 Å². The Kier molecular flexibility index (Phi) is 4.79. The van der Waals surface area contributed by atoms with Gasteiger partial charge < -0.3 is 4.90 Å². The van der Waals surface area contributed by atoms with Gasteiger partial charge in [0.2, 0.25) is 0 Å². The van der Waals surface area contributed by atoms with Crippen LogP contribution in [-0.4, -0.2) is 20.9 Å². The highest BCUT2D eigenvalue weighted by Gasteiger charge is 2.28. The van der Waals surface area contributed by atoms with E-state index in [0.717, 1.165) is 18.2 Å². The second-order valence-electron chi connectivity index (χ2n) is 6.57. The molecule has 3 aromatic rings. The van der Waals surface area contributed by atoms with E-state index < -0.39 is 27.3 Å². The number of rotatable bonds is 4. The molecule has 0 aromatic heterocycles. The maximum Gasteiger partial charge on any atom is 0.262 e. The zero-order valence-corrected chi connectivity index (χ0v) is 15.9. The number of halogens is 2. The van der Waals surface area contributed by atoms with Crippen LogP contribution in [0.15, 0.2) is 71.6 Å². The van der Waals surface area contributed by atoms with Gasteiger partial charge in [0, 0.05) is 17.8 Å². The number of para-hydroxylation sites is 1. The fourth-order valence-corrected chi connectivity index (χ4v) is 4.41. The first-order valence-electron chi connectivity index (χ1n) is 8.83. The standard InChI is InChI=1S/C21H16F2N2O3S/c22-17-7-4-8-18(23)20(17)24-29(27,28)16-9-10-19-15(13-16)11-12-25(19)21(26)14-5-2-1-3-6-14/h1-10,13,24H,11-12H2. The molecule has 3 aromatic carbocycles. The van der Waals surface area contributed by atoms with E-state index in [2.05, 4.69) is 0 Å². The van der Waals surface area contributed by atoms with Crippen LogP contribution < -0.4 is 9.62 Å². The van der Waals surface area contributed by atoms with Crippen LogP contribution in [0.1, 0.15) is 15.9 Å². The van der Waals surface area contributed by atoms with Gasteiger partial charge in [0.25, 0.3) is 15.9 Å². The highest BCUT2D eigenvalue weighted by molar-refractivity contribution is 7.92. The summed E-state index contributed by atoms with van der Waals surface area (Å²) < 4.78 is 54.8. The van der Waals surface area contributed by atoms with Gasteiger partial charge in [0.05, 0.1) is 4.90 Å². The third kappa shape index (κ3) is 3.58. The number of sulfonamides is 1. The normalized spacial score (nSPS) is 13.2. The van der Waals surface area contributed by atoms with Crippen molar-refractivity contribution in [1.29, 1.82) is 0 Å². The van der Waals surface area contributed by atoms with Crippen molar-refractivity contribution in [2.45, 2.75) is 11.3 Å². The van der Waals surface area contributed by atoms with Crippen molar-refractivity contribution in [3.8, 4) is 0 Å². The summed E-state index contributed by atoms with van der Waals surface area (Å²) in [6.07, 6.45) is 0.478. The number of fused-ring (bicyclic) bond motifs is 1.